The van der Waals surface area contributed by atoms with Crippen molar-refractivity contribution >= 4 is 23.0 Å². The molecule has 0 radical (unpaired) electrons. The van der Waals surface area contributed by atoms with Gasteiger partial charge in [-0.15, -0.1) is 0 Å². The SMILES string of the molecule is COc1ccccc1NC(=S)N(CCC[NH+]1CCCCC1)Cc1ccco1. The first-order valence-electron chi connectivity index (χ1n) is 9.81. The number of hydrogen-bond donors (Lipinski definition) is 2. The molecule has 0 bridgehead atoms. The third-order valence-corrected chi connectivity index (χ3v) is 5.44. The fourth-order valence-corrected chi connectivity index (χ4v) is 3.87. The second-order valence-electron chi connectivity index (χ2n) is 7.05. The van der Waals surface area contributed by atoms with Crippen LogP contribution in [0.25, 0.3) is 0 Å². The maximum Gasteiger partial charge on any atom is 0.173 e. The largest absolute Gasteiger partial charge is 0.495 e. The van der Waals surface area contributed by atoms with Gasteiger partial charge in [-0.1, -0.05) is 12.1 Å². The number of furan rings is 1. The van der Waals surface area contributed by atoms with Crippen LogP contribution in [0.15, 0.2) is 47.1 Å². The molecule has 0 spiro atoms. The second-order valence-corrected chi connectivity index (χ2v) is 7.43. The molecule has 1 saturated heterocycles. The van der Waals surface area contributed by atoms with Crippen LogP contribution in [0, 0.1) is 0 Å². The van der Waals surface area contributed by atoms with E-state index >= 15 is 0 Å². The van der Waals surface area contributed by atoms with E-state index in [1.165, 1.54) is 38.9 Å². The van der Waals surface area contributed by atoms with Crippen molar-refractivity contribution in [2.24, 2.45) is 0 Å². The van der Waals surface area contributed by atoms with Crippen LogP contribution in [0.4, 0.5) is 5.69 Å². The molecule has 0 amide bonds. The van der Waals surface area contributed by atoms with Crippen molar-refractivity contribution in [3.63, 3.8) is 0 Å². The van der Waals surface area contributed by atoms with Gasteiger partial charge in [0.15, 0.2) is 5.11 Å². The lowest BCUT2D eigenvalue weighted by molar-refractivity contribution is -0.905. The highest BCUT2D eigenvalue weighted by Gasteiger charge is 2.17. The molecule has 1 aliphatic rings. The zero-order chi connectivity index (χ0) is 18.9. The molecule has 1 aromatic heterocycles. The second kappa shape index (κ2) is 10.3. The van der Waals surface area contributed by atoms with Gasteiger partial charge in [0.25, 0.3) is 0 Å². The Balaban J connectivity index is 1.60. The molecule has 0 atom stereocenters. The van der Waals surface area contributed by atoms with E-state index in [1.807, 2.05) is 36.4 Å². The maximum atomic E-state index is 5.72. The molecule has 27 heavy (non-hydrogen) atoms. The number of para-hydroxylation sites is 2. The maximum absolute atomic E-state index is 5.72. The van der Waals surface area contributed by atoms with E-state index in [-0.39, 0.29) is 0 Å². The van der Waals surface area contributed by atoms with Gasteiger partial charge in [0, 0.05) is 13.0 Å². The minimum atomic E-state index is 0.670. The number of anilines is 1. The third-order valence-electron chi connectivity index (χ3n) is 5.08. The summed E-state index contributed by atoms with van der Waals surface area (Å²) in [6.45, 7) is 5.39. The third kappa shape index (κ3) is 5.97. The van der Waals surface area contributed by atoms with Crippen molar-refractivity contribution in [2.75, 3.05) is 38.6 Å². The van der Waals surface area contributed by atoms with Gasteiger partial charge >= 0.3 is 0 Å². The summed E-state index contributed by atoms with van der Waals surface area (Å²) in [7, 11) is 1.67. The van der Waals surface area contributed by atoms with Gasteiger partial charge in [0.1, 0.15) is 11.5 Å². The Morgan fingerprint density at radius 3 is 2.74 bits per heavy atom. The predicted molar refractivity (Wildman–Crippen MR) is 112 cm³/mol. The zero-order valence-electron chi connectivity index (χ0n) is 16.1. The van der Waals surface area contributed by atoms with Gasteiger partial charge in [-0.25, -0.2) is 0 Å². The Morgan fingerprint density at radius 2 is 2.00 bits per heavy atom. The smallest absolute Gasteiger partial charge is 0.173 e. The van der Waals surface area contributed by atoms with Crippen LogP contribution in [0.2, 0.25) is 0 Å². The normalized spacial score (nSPS) is 14.7. The number of nitrogens with zero attached hydrogens (tertiary/aromatic N) is 1. The molecule has 3 rings (SSSR count). The van der Waals surface area contributed by atoms with Crippen molar-refractivity contribution in [2.45, 2.75) is 32.2 Å². The molecule has 1 aromatic carbocycles. The van der Waals surface area contributed by atoms with Gasteiger partial charge < -0.3 is 24.3 Å². The standard InChI is InChI=1S/C21H29N3O2S/c1-25-20-11-4-3-10-19(20)22-21(27)24(17-18-9-7-16-26-18)15-8-14-23-12-5-2-6-13-23/h3-4,7,9-11,16H,2,5-6,8,12-15,17H2,1H3,(H,22,27)/p+1. The number of quaternary nitrogens is 1. The first kappa shape index (κ1) is 19.7. The van der Waals surface area contributed by atoms with Crippen molar-refractivity contribution in [1.29, 1.82) is 0 Å². The van der Waals surface area contributed by atoms with E-state index < -0.39 is 0 Å². The predicted octanol–water partition coefficient (Wildman–Crippen LogP) is 2.95. The number of hydrogen-bond acceptors (Lipinski definition) is 3. The molecule has 1 fully saturated rings. The molecular weight excluding hydrogens is 358 g/mol. The number of thiocarbonyl (C=S) groups is 1. The molecule has 146 valence electrons. The lowest BCUT2D eigenvalue weighted by atomic mass is 10.1. The molecule has 5 nitrogen and oxygen atoms in total. The summed E-state index contributed by atoms with van der Waals surface area (Å²) in [5, 5.41) is 4.04. The van der Waals surface area contributed by atoms with Crippen molar-refractivity contribution < 1.29 is 14.1 Å². The van der Waals surface area contributed by atoms with Gasteiger partial charge in [0.2, 0.25) is 0 Å². The molecule has 1 aliphatic heterocycles. The zero-order valence-corrected chi connectivity index (χ0v) is 16.9. The van der Waals surface area contributed by atoms with Crippen LogP contribution in [0.1, 0.15) is 31.4 Å². The fourth-order valence-electron chi connectivity index (χ4n) is 3.61. The molecule has 6 heteroatoms. The van der Waals surface area contributed by atoms with Crippen LogP contribution >= 0.6 is 12.2 Å². The average Bonchev–Trinajstić information content (AvgIpc) is 3.21. The molecule has 0 aliphatic carbocycles. The average molecular weight is 389 g/mol. The quantitative estimate of drug-likeness (QED) is 0.681. The van der Waals surface area contributed by atoms with E-state index in [4.69, 9.17) is 21.4 Å². The topological polar surface area (TPSA) is 42.1 Å². The number of piperidine rings is 1. The first-order valence-corrected chi connectivity index (χ1v) is 10.2. The fraction of sp³-hybridized carbons (Fsp3) is 0.476. The van der Waals surface area contributed by atoms with E-state index in [9.17, 15) is 0 Å². The van der Waals surface area contributed by atoms with E-state index in [0.717, 1.165) is 30.2 Å². The Morgan fingerprint density at radius 1 is 1.19 bits per heavy atom. The van der Waals surface area contributed by atoms with Crippen molar-refractivity contribution in [3.05, 3.63) is 48.4 Å². The first-order chi connectivity index (χ1) is 13.3. The Kier molecular flexibility index (Phi) is 7.54. The monoisotopic (exact) mass is 388 g/mol. The Bertz CT molecular complexity index is 699. The summed E-state index contributed by atoms with van der Waals surface area (Å²) < 4.78 is 11.0. The molecule has 2 N–H and O–H groups in total. The number of methoxy groups -OCH3 is 1. The van der Waals surface area contributed by atoms with Gasteiger partial charge in [-0.3, -0.25) is 0 Å². The summed E-state index contributed by atoms with van der Waals surface area (Å²) in [6.07, 6.45) is 6.94. The summed E-state index contributed by atoms with van der Waals surface area (Å²) >= 11 is 5.72. The van der Waals surface area contributed by atoms with Crippen LogP contribution < -0.4 is 15.0 Å². The van der Waals surface area contributed by atoms with Crippen LogP contribution in [-0.4, -0.2) is 43.3 Å². The Hall–Kier alpha value is -2.05. The molecule has 0 saturated carbocycles. The van der Waals surface area contributed by atoms with Crippen LogP contribution in [0.5, 0.6) is 5.75 Å². The minimum absolute atomic E-state index is 0.670. The van der Waals surface area contributed by atoms with Crippen molar-refractivity contribution in [3.8, 4) is 5.75 Å². The lowest BCUT2D eigenvalue weighted by Gasteiger charge is -2.28. The highest BCUT2D eigenvalue weighted by molar-refractivity contribution is 7.80. The summed E-state index contributed by atoms with van der Waals surface area (Å²) in [5.74, 6) is 1.71. The summed E-state index contributed by atoms with van der Waals surface area (Å²) in [5.41, 5.74) is 0.885. The van der Waals surface area contributed by atoms with E-state index in [2.05, 4.69) is 10.2 Å². The highest BCUT2D eigenvalue weighted by atomic mass is 32.1. The molecule has 0 unspecified atom stereocenters. The number of benzene rings is 1. The molecule has 2 aromatic rings. The van der Waals surface area contributed by atoms with Gasteiger partial charge in [-0.2, -0.15) is 0 Å². The van der Waals surface area contributed by atoms with E-state index in [1.54, 1.807) is 18.3 Å². The summed E-state index contributed by atoms with van der Waals surface area (Å²) in [4.78, 5) is 3.91. The molecular formula is C21H30N3O2S+. The van der Waals surface area contributed by atoms with E-state index in [0.29, 0.717) is 11.7 Å². The van der Waals surface area contributed by atoms with Crippen LogP contribution in [0.3, 0.4) is 0 Å². The van der Waals surface area contributed by atoms with Gasteiger partial charge in [-0.05, 0) is 55.7 Å². The number of likely N-dealkylation sites (tertiary alicyclic amines) is 1. The number of nitrogens with one attached hydrogen (secondary N) is 2. The number of rotatable bonds is 8. The van der Waals surface area contributed by atoms with Crippen molar-refractivity contribution in [1.82, 2.24) is 4.90 Å². The molecule has 2 heterocycles. The Labute approximate surface area is 167 Å². The van der Waals surface area contributed by atoms with Gasteiger partial charge in [0.05, 0.1) is 45.2 Å². The highest BCUT2D eigenvalue weighted by Crippen LogP contribution is 2.23. The van der Waals surface area contributed by atoms with Crippen LogP contribution in [-0.2, 0) is 6.54 Å². The number of ether oxygens (including phenoxy) is 1. The summed E-state index contributed by atoms with van der Waals surface area (Å²) in [6, 6.07) is 11.8. The minimum Gasteiger partial charge on any atom is -0.495 e. The lowest BCUT2D eigenvalue weighted by Crippen LogP contribution is -3.12.